The quantitative estimate of drug-likeness (QED) is 0.736. The Bertz CT molecular complexity index is 1000. The van der Waals surface area contributed by atoms with Gasteiger partial charge in [-0.25, -0.2) is 9.97 Å². The van der Waals surface area contributed by atoms with Crippen LogP contribution < -0.4 is 9.64 Å². The molecule has 7 heteroatoms. The minimum absolute atomic E-state index is 0.0196. The average molecular weight is 423 g/mol. The fourth-order valence-electron chi connectivity index (χ4n) is 4.46. The predicted octanol–water partition coefficient (Wildman–Crippen LogP) is 3.59. The Morgan fingerprint density at radius 3 is 2.81 bits per heavy atom. The molecule has 3 heterocycles. The van der Waals surface area contributed by atoms with Crippen molar-refractivity contribution in [3.63, 3.8) is 0 Å². The number of rotatable bonds is 5. The van der Waals surface area contributed by atoms with Crippen LogP contribution in [-0.2, 0) is 22.6 Å². The van der Waals surface area contributed by atoms with Crippen molar-refractivity contribution in [1.29, 1.82) is 0 Å². The van der Waals surface area contributed by atoms with E-state index in [2.05, 4.69) is 0 Å². The van der Waals surface area contributed by atoms with E-state index in [1.54, 1.807) is 12.0 Å². The van der Waals surface area contributed by atoms with Crippen molar-refractivity contribution < 1.29 is 14.3 Å². The Morgan fingerprint density at radius 2 is 2.06 bits per heavy atom. The number of hydrogen-bond acceptors (Lipinski definition) is 5. The number of anilines is 1. The van der Waals surface area contributed by atoms with Crippen LogP contribution in [0.25, 0.3) is 0 Å². The number of fused-ring (bicyclic) bond motifs is 1. The topological polar surface area (TPSA) is 75.6 Å². The van der Waals surface area contributed by atoms with Gasteiger partial charge in [0.25, 0.3) is 0 Å². The highest BCUT2D eigenvalue weighted by Gasteiger charge is 2.36. The number of hydrogen-bond donors (Lipinski definition) is 0. The first-order valence-electron chi connectivity index (χ1n) is 11.0. The van der Waals surface area contributed by atoms with Crippen LogP contribution >= 0.6 is 0 Å². The number of likely N-dealkylation sites (tertiary alicyclic amines) is 1. The lowest BCUT2D eigenvalue weighted by atomic mass is 9.99. The number of amides is 2. The molecule has 1 aromatic heterocycles. The highest BCUT2D eigenvalue weighted by molar-refractivity contribution is 6.00. The zero-order chi connectivity index (χ0) is 22.1. The summed E-state index contributed by atoms with van der Waals surface area (Å²) in [5.41, 5.74) is 2.69. The molecule has 0 radical (unpaired) electrons. The second-order valence-electron chi connectivity index (χ2n) is 8.68. The predicted molar refractivity (Wildman–Crippen MR) is 118 cm³/mol. The minimum atomic E-state index is -0.137. The summed E-state index contributed by atoms with van der Waals surface area (Å²) in [7, 11) is 1.63. The maximum atomic E-state index is 12.9. The van der Waals surface area contributed by atoms with Crippen LogP contribution in [0.5, 0.6) is 5.75 Å². The van der Waals surface area contributed by atoms with Gasteiger partial charge in [0.1, 0.15) is 11.6 Å². The van der Waals surface area contributed by atoms with E-state index in [0.29, 0.717) is 24.6 Å². The van der Waals surface area contributed by atoms with Crippen LogP contribution in [-0.4, -0.2) is 40.3 Å². The zero-order valence-electron chi connectivity index (χ0n) is 18.7. The molecule has 0 aliphatic carbocycles. The van der Waals surface area contributed by atoms with Crippen LogP contribution in [0, 0.1) is 12.8 Å². The van der Waals surface area contributed by atoms with E-state index in [0.717, 1.165) is 48.4 Å². The number of nitrogens with zero attached hydrogens (tertiary/aromatic N) is 4. The molecule has 0 N–H and O–H groups in total. The first-order chi connectivity index (χ1) is 14.9. The van der Waals surface area contributed by atoms with E-state index in [-0.39, 0.29) is 23.8 Å². The molecule has 7 nitrogen and oxygen atoms in total. The number of carbonyl (C=O) groups is 2. The summed E-state index contributed by atoms with van der Waals surface area (Å²) in [6.07, 6.45) is 3.20. The molecule has 31 heavy (non-hydrogen) atoms. The van der Waals surface area contributed by atoms with Crippen LogP contribution in [0.4, 0.5) is 5.82 Å². The summed E-state index contributed by atoms with van der Waals surface area (Å²) in [5.74, 6) is 2.17. The molecular weight excluding hydrogens is 392 g/mol. The Labute approximate surface area is 183 Å². The van der Waals surface area contributed by atoms with Crippen molar-refractivity contribution in [1.82, 2.24) is 14.9 Å². The minimum Gasteiger partial charge on any atom is -0.497 e. The van der Waals surface area contributed by atoms with Crippen LogP contribution in [0.3, 0.4) is 0 Å². The van der Waals surface area contributed by atoms with Gasteiger partial charge in [-0.1, -0.05) is 26.0 Å². The van der Waals surface area contributed by atoms with Gasteiger partial charge in [-0.15, -0.1) is 0 Å². The summed E-state index contributed by atoms with van der Waals surface area (Å²) >= 11 is 0. The maximum absolute atomic E-state index is 12.9. The Hall–Kier alpha value is -2.96. The van der Waals surface area contributed by atoms with Gasteiger partial charge >= 0.3 is 0 Å². The van der Waals surface area contributed by atoms with Gasteiger partial charge < -0.3 is 9.64 Å². The molecule has 0 unspecified atom stereocenters. The van der Waals surface area contributed by atoms with Crippen molar-refractivity contribution in [2.75, 3.05) is 18.6 Å². The van der Waals surface area contributed by atoms with E-state index in [4.69, 9.17) is 14.7 Å². The van der Waals surface area contributed by atoms with Gasteiger partial charge in [-0.05, 0) is 43.9 Å². The molecule has 4 rings (SSSR count). The summed E-state index contributed by atoms with van der Waals surface area (Å²) in [6.45, 7) is 6.95. The van der Waals surface area contributed by atoms with Crippen LogP contribution in [0.2, 0.25) is 0 Å². The second-order valence-corrected chi connectivity index (χ2v) is 8.68. The third-order valence-corrected chi connectivity index (χ3v) is 6.15. The summed E-state index contributed by atoms with van der Waals surface area (Å²) < 4.78 is 5.32. The van der Waals surface area contributed by atoms with Gasteiger partial charge in [0.05, 0.1) is 26.1 Å². The highest BCUT2D eigenvalue weighted by Crippen LogP contribution is 2.35. The normalized spacial score (nSPS) is 18.5. The third kappa shape index (κ3) is 4.13. The standard InChI is InChI=1S/C24H30N4O3/c1-15(2)24(30)27-11-6-5-10-20(27)22-25-16(3)19-13-21(29)28(23(19)26-22)14-17-8-7-9-18(12-17)31-4/h7-9,12,15,20H,5-6,10-11,13-14H2,1-4H3/t20-/m1/s1. The van der Waals surface area contributed by atoms with Gasteiger partial charge in [0, 0.05) is 23.7 Å². The number of carbonyl (C=O) groups excluding carboxylic acids is 2. The number of benzene rings is 1. The molecule has 2 aromatic rings. The van der Waals surface area contributed by atoms with Crippen molar-refractivity contribution >= 4 is 17.6 Å². The fourth-order valence-corrected chi connectivity index (χ4v) is 4.46. The lowest BCUT2D eigenvalue weighted by Gasteiger charge is -2.36. The molecule has 2 amide bonds. The molecule has 2 aliphatic heterocycles. The van der Waals surface area contributed by atoms with E-state index >= 15 is 0 Å². The molecule has 0 saturated carbocycles. The third-order valence-electron chi connectivity index (χ3n) is 6.15. The van der Waals surface area contributed by atoms with E-state index in [1.165, 1.54) is 0 Å². The highest BCUT2D eigenvalue weighted by atomic mass is 16.5. The van der Waals surface area contributed by atoms with E-state index in [9.17, 15) is 9.59 Å². The average Bonchev–Trinajstić information content (AvgIpc) is 3.09. The first-order valence-corrected chi connectivity index (χ1v) is 11.0. The van der Waals surface area contributed by atoms with Crippen molar-refractivity contribution in [3.05, 3.63) is 46.9 Å². The molecule has 1 fully saturated rings. The Morgan fingerprint density at radius 1 is 1.26 bits per heavy atom. The lowest BCUT2D eigenvalue weighted by molar-refractivity contribution is -0.138. The second kappa shape index (κ2) is 8.65. The number of methoxy groups -OCH3 is 1. The molecule has 0 bridgehead atoms. The van der Waals surface area contributed by atoms with Gasteiger partial charge in [0.15, 0.2) is 5.82 Å². The Balaban J connectivity index is 1.68. The first kappa shape index (κ1) is 21.3. The largest absolute Gasteiger partial charge is 0.497 e. The number of ether oxygens (including phenoxy) is 1. The van der Waals surface area contributed by atoms with Gasteiger partial charge in [-0.2, -0.15) is 0 Å². The van der Waals surface area contributed by atoms with Crippen LogP contribution in [0.15, 0.2) is 24.3 Å². The summed E-state index contributed by atoms with van der Waals surface area (Å²) in [6, 6.07) is 7.58. The van der Waals surface area contributed by atoms with Crippen molar-refractivity contribution in [3.8, 4) is 5.75 Å². The number of piperidine rings is 1. The molecule has 1 atom stereocenters. The van der Waals surface area contributed by atoms with Gasteiger partial charge in [0.2, 0.25) is 11.8 Å². The molecule has 1 saturated heterocycles. The number of aromatic nitrogens is 2. The van der Waals surface area contributed by atoms with Crippen molar-refractivity contribution in [2.24, 2.45) is 5.92 Å². The number of aryl methyl sites for hydroxylation is 1. The van der Waals surface area contributed by atoms with Crippen molar-refractivity contribution in [2.45, 2.75) is 59.0 Å². The summed E-state index contributed by atoms with van der Waals surface area (Å²) in [5, 5.41) is 0. The fraction of sp³-hybridized carbons (Fsp3) is 0.500. The molecule has 0 spiro atoms. The Kier molecular flexibility index (Phi) is 5.94. The smallest absolute Gasteiger partial charge is 0.233 e. The zero-order valence-corrected chi connectivity index (χ0v) is 18.7. The SMILES string of the molecule is COc1cccc(CN2C(=O)Cc3c(C)nc([C@H]4CCCCN4C(=O)C(C)C)nc32)c1. The maximum Gasteiger partial charge on any atom is 0.233 e. The molecule has 2 aliphatic rings. The molecule has 164 valence electrons. The monoisotopic (exact) mass is 422 g/mol. The molecular formula is C24H30N4O3. The summed E-state index contributed by atoms with van der Waals surface area (Å²) in [4.78, 5) is 39.0. The van der Waals surface area contributed by atoms with E-state index < -0.39 is 0 Å². The lowest BCUT2D eigenvalue weighted by Crippen LogP contribution is -2.41. The van der Waals surface area contributed by atoms with Crippen LogP contribution in [0.1, 0.15) is 61.8 Å². The van der Waals surface area contributed by atoms with E-state index in [1.807, 2.05) is 49.9 Å². The molecule has 1 aromatic carbocycles. The van der Waals surface area contributed by atoms with Gasteiger partial charge in [-0.3, -0.25) is 14.5 Å².